The van der Waals surface area contributed by atoms with Gasteiger partial charge in [-0.05, 0) is 46.5 Å². The molecular weight excluding hydrogens is 407 g/mol. The fraction of sp³-hybridized carbons (Fsp3) is 0.900. The predicted octanol–water partition coefficient (Wildman–Crippen LogP) is 3.86. The topological polar surface area (TPSA) is 141 Å². The first-order chi connectivity index (χ1) is 13.3. The van der Waals surface area contributed by atoms with Gasteiger partial charge in [-0.15, -0.1) is 0 Å². The van der Waals surface area contributed by atoms with Gasteiger partial charge < -0.3 is 20.5 Å². The van der Waals surface area contributed by atoms with Gasteiger partial charge in [0.1, 0.15) is 5.78 Å². The molecule has 0 fully saturated rings. The number of carbonyl (C=O) groups is 1. The van der Waals surface area contributed by atoms with Crippen molar-refractivity contribution in [1.29, 1.82) is 5.41 Å². The van der Waals surface area contributed by atoms with E-state index in [1.165, 1.54) is 5.06 Å². The summed E-state index contributed by atoms with van der Waals surface area (Å²) >= 11 is 0. The lowest BCUT2D eigenvalue weighted by molar-refractivity contribution is -0.263. The fourth-order valence-corrected chi connectivity index (χ4v) is 5.66. The van der Waals surface area contributed by atoms with Crippen molar-refractivity contribution < 1.29 is 23.2 Å². The maximum absolute atomic E-state index is 13.9. The van der Waals surface area contributed by atoms with E-state index < -0.39 is 41.8 Å². The molecule has 2 unspecified atom stereocenters. The molecule has 0 saturated carbocycles. The van der Waals surface area contributed by atoms with Crippen molar-refractivity contribution in [2.24, 2.45) is 22.3 Å². The van der Waals surface area contributed by atoms with E-state index in [-0.39, 0.29) is 25.5 Å². The highest BCUT2D eigenvalue weighted by molar-refractivity contribution is 7.54. The van der Waals surface area contributed by atoms with Crippen molar-refractivity contribution in [3.63, 3.8) is 0 Å². The van der Waals surface area contributed by atoms with Crippen LogP contribution in [0.5, 0.6) is 0 Å². The van der Waals surface area contributed by atoms with Gasteiger partial charge >= 0.3 is 7.60 Å². The Morgan fingerprint density at radius 3 is 1.70 bits per heavy atom. The SMILES string of the molecule is CCOP(=O)(OCC)C(N(OC(CC(C)(C)C(=N)N)C(N)=O)C(C)(C)C)C(C)(C)C. The van der Waals surface area contributed by atoms with Gasteiger partial charge in [-0.25, -0.2) is 0 Å². The maximum Gasteiger partial charge on any atom is 0.350 e. The van der Waals surface area contributed by atoms with Crippen LogP contribution >= 0.6 is 7.60 Å². The Balaban J connectivity index is 6.45. The molecule has 9 nitrogen and oxygen atoms in total. The summed E-state index contributed by atoms with van der Waals surface area (Å²) in [4.78, 5) is 18.4. The Morgan fingerprint density at radius 2 is 1.43 bits per heavy atom. The number of hydroxylamine groups is 2. The summed E-state index contributed by atoms with van der Waals surface area (Å²) in [5.41, 5.74) is 9.22. The minimum atomic E-state index is -3.68. The van der Waals surface area contributed by atoms with Gasteiger partial charge in [0.05, 0.1) is 19.0 Å². The third-order valence-corrected chi connectivity index (χ3v) is 7.38. The van der Waals surface area contributed by atoms with Crippen LogP contribution in [0.1, 0.15) is 75.7 Å². The van der Waals surface area contributed by atoms with Crippen LogP contribution in [0.15, 0.2) is 0 Å². The smallest absolute Gasteiger partial charge is 0.350 e. The molecule has 0 radical (unpaired) electrons. The van der Waals surface area contributed by atoms with Gasteiger partial charge in [-0.3, -0.25) is 19.6 Å². The van der Waals surface area contributed by atoms with E-state index in [4.69, 9.17) is 30.8 Å². The van der Waals surface area contributed by atoms with Gasteiger partial charge in [0.2, 0.25) is 5.91 Å². The van der Waals surface area contributed by atoms with Crippen LogP contribution in [0.2, 0.25) is 0 Å². The molecule has 0 heterocycles. The second kappa shape index (κ2) is 10.6. The number of hydrogen-bond donors (Lipinski definition) is 3. The highest BCUT2D eigenvalue weighted by atomic mass is 31.2. The highest BCUT2D eigenvalue weighted by Gasteiger charge is 2.52. The first-order valence-corrected chi connectivity index (χ1v) is 11.9. The zero-order valence-electron chi connectivity index (χ0n) is 20.4. The number of rotatable bonds is 12. The molecule has 0 rings (SSSR count). The summed E-state index contributed by atoms with van der Waals surface area (Å²) < 4.78 is 25.2. The normalized spacial score (nSPS) is 15.8. The Labute approximate surface area is 182 Å². The summed E-state index contributed by atoms with van der Waals surface area (Å²) in [6, 6.07) is 0. The lowest BCUT2D eigenvalue weighted by Gasteiger charge is -2.48. The number of amidine groups is 1. The number of amides is 1. The first kappa shape index (κ1) is 29.0. The van der Waals surface area contributed by atoms with Crippen molar-refractivity contribution in [2.45, 2.75) is 93.1 Å². The third kappa shape index (κ3) is 7.93. The van der Waals surface area contributed by atoms with Crippen LogP contribution in [-0.2, 0) is 23.2 Å². The number of carbonyl (C=O) groups excluding carboxylic acids is 1. The van der Waals surface area contributed by atoms with Crippen LogP contribution in [0.4, 0.5) is 0 Å². The average molecular weight is 451 g/mol. The molecule has 5 N–H and O–H groups in total. The van der Waals surface area contributed by atoms with Gasteiger partial charge in [0.15, 0.2) is 6.10 Å². The summed E-state index contributed by atoms with van der Waals surface area (Å²) in [5.74, 6) is -1.61. The monoisotopic (exact) mass is 450 g/mol. The minimum absolute atomic E-state index is 0.0821. The molecule has 1 amide bonds. The van der Waals surface area contributed by atoms with Crippen molar-refractivity contribution in [2.75, 3.05) is 13.2 Å². The second-order valence-corrected chi connectivity index (χ2v) is 12.2. The van der Waals surface area contributed by atoms with Crippen LogP contribution in [0.25, 0.3) is 0 Å². The molecule has 0 aliphatic rings. The summed E-state index contributed by atoms with van der Waals surface area (Å²) in [7, 11) is -3.68. The van der Waals surface area contributed by atoms with Crippen molar-refractivity contribution in [1.82, 2.24) is 5.06 Å². The fourth-order valence-electron chi connectivity index (χ4n) is 2.98. The van der Waals surface area contributed by atoms with E-state index >= 15 is 0 Å². The molecule has 178 valence electrons. The lowest BCUT2D eigenvalue weighted by Crippen LogP contribution is -2.56. The molecule has 0 aromatic carbocycles. The predicted molar refractivity (Wildman–Crippen MR) is 120 cm³/mol. The Bertz CT molecular complexity index is 630. The van der Waals surface area contributed by atoms with E-state index in [2.05, 4.69) is 0 Å². The van der Waals surface area contributed by atoms with Gasteiger partial charge in [-0.1, -0.05) is 34.6 Å². The zero-order valence-corrected chi connectivity index (χ0v) is 21.3. The summed E-state index contributed by atoms with van der Waals surface area (Å²) in [5, 5.41) is 9.32. The van der Waals surface area contributed by atoms with Crippen LogP contribution < -0.4 is 11.5 Å². The number of nitrogens with one attached hydrogen (secondary N) is 1. The molecule has 0 aromatic heterocycles. The Hall–Kier alpha value is -0.990. The van der Waals surface area contributed by atoms with Gasteiger partial charge in [0, 0.05) is 11.0 Å². The number of nitrogens with zero attached hydrogens (tertiary/aromatic N) is 1. The second-order valence-electron chi connectivity index (χ2n) is 10.1. The molecule has 0 aliphatic carbocycles. The lowest BCUT2D eigenvalue weighted by atomic mass is 9.85. The van der Waals surface area contributed by atoms with Crippen molar-refractivity contribution >= 4 is 19.3 Å². The molecule has 0 aliphatic heterocycles. The average Bonchev–Trinajstić information content (AvgIpc) is 2.50. The molecule has 0 aromatic rings. The standard InChI is InChI=1S/C20H43N4O5P/c1-11-27-30(26,28-12-2)17(18(3,4)5)24(19(6,7)8)29-14(15(21)25)13-20(9,10)16(22)23/h14,17H,11-13H2,1-10H3,(H2,21,25)(H3,22,23). The Morgan fingerprint density at radius 1 is 1.00 bits per heavy atom. The number of nitrogens with two attached hydrogens (primary N) is 2. The number of primary amides is 1. The molecular formula is C20H43N4O5P. The van der Waals surface area contributed by atoms with Gasteiger partial charge in [0.25, 0.3) is 0 Å². The van der Waals surface area contributed by atoms with E-state index in [9.17, 15) is 9.36 Å². The van der Waals surface area contributed by atoms with Crippen molar-refractivity contribution in [3.05, 3.63) is 0 Å². The summed E-state index contributed by atoms with van der Waals surface area (Å²) in [6.07, 6.45) is -1.00. The van der Waals surface area contributed by atoms with Crippen LogP contribution in [-0.4, -0.2) is 47.4 Å². The van der Waals surface area contributed by atoms with E-state index in [0.717, 1.165) is 0 Å². The van der Waals surface area contributed by atoms with E-state index in [0.29, 0.717) is 0 Å². The van der Waals surface area contributed by atoms with E-state index in [1.54, 1.807) is 27.7 Å². The van der Waals surface area contributed by atoms with Gasteiger partial charge in [-0.2, -0.15) is 5.06 Å². The van der Waals surface area contributed by atoms with E-state index in [1.807, 2.05) is 41.5 Å². The summed E-state index contributed by atoms with van der Waals surface area (Å²) in [6.45, 7) is 18.7. The maximum atomic E-state index is 13.9. The quantitative estimate of drug-likeness (QED) is 0.177. The molecule has 30 heavy (non-hydrogen) atoms. The van der Waals surface area contributed by atoms with Crippen LogP contribution in [0, 0.1) is 16.2 Å². The Kier molecular flexibility index (Phi) is 10.2. The largest absolute Gasteiger partial charge is 0.387 e. The third-order valence-electron chi connectivity index (χ3n) is 4.56. The number of hydrogen-bond acceptors (Lipinski definition) is 7. The zero-order chi connectivity index (χ0) is 24.1. The highest BCUT2D eigenvalue weighted by Crippen LogP contribution is 2.61. The molecule has 0 bridgehead atoms. The molecule has 0 spiro atoms. The first-order valence-electron chi connectivity index (χ1n) is 10.3. The molecule has 2 atom stereocenters. The van der Waals surface area contributed by atoms with Crippen molar-refractivity contribution in [3.8, 4) is 0 Å². The molecule has 0 saturated heterocycles. The van der Waals surface area contributed by atoms with Crippen LogP contribution in [0.3, 0.4) is 0 Å². The molecule has 10 heteroatoms. The minimum Gasteiger partial charge on any atom is -0.387 e.